The number of nitrogens with two attached hydrogens (primary N) is 1. The minimum absolute atomic E-state index is 0.213. The lowest BCUT2D eigenvalue weighted by atomic mass is 9.95. The molecule has 0 atom stereocenters. The van der Waals surface area contributed by atoms with Crippen molar-refractivity contribution in [3.05, 3.63) is 0 Å². The van der Waals surface area contributed by atoms with Crippen molar-refractivity contribution in [2.75, 3.05) is 6.54 Å². The molecule has 0 aromatic rings. The molecular formula is C11H22N2O. The van der Waals surface area contributed by atoms with Crippen LogP contribution in [-0.4, -0.2) is 18.5 Å². The fraction of sp³-hybridized carbons (Fsp3) is 0.909. The number of hydrogen-bond donors (Lipinski definition) is 2. The minimum atomic E-state index is 0.213. The predicted octanol–water partition coefficient (Wildman–Crippen LogP) is 1.56. The van der Waals surface area contributed by atoms with E-state index in [2.05, 4.69) is 5.32 Å². The molecule has 1 saturated carbocycles. The molecule has 1 aliphatic carbocycles. The summed E-state index contributed by atoms with van der Waals surface area (Å²) in [6, 6.07) is 0.453. The van der Waals surface area contributed by atoms with Crippen molar-refractivity contribution in [1.82, 2.24) is 5.32 Å². The first-order valence-electron chi connectivity index (χ1n) is 5.82. The second-order valence-corrected chi connectivity index (χ2v) is 4.15. The molecule has 0 radical (unpaired) electrons. The molecule has 1 amide bonds. The zero-order valence-electron chi connectivity index (χ0n) is 8.93. The Kier molecular flexibility index (Phi) is 5.60. The Balaban J connectivity index is 2.06. The summed E-state index contributed by atoms with van der Waals surface area (Å²) in [4.78, 5) is 11.4. The lowest BCUT2D eigenvalue weighted by Gasteiger charge is -2.22. The first-order valence-corrected chi connectivity index (χ1v) is 5.82. The molecule has 1 aliphatic rings. The Morgan fingerprint density at radius 1 is 1.21 bits per heavy atom. The second kappa shape index (κ2) is 6.82. The van der Waals surface area contributed by atoms with Gasteiger partial charge in [-0.3, -0.25) is 4.79 Å². The Labute approximate surface area is 86.4 Å². The molecule has 0 bridgehead atoms. The van der Waals surface area contributed by atoms with Gasteiger partial charge in [0, 0.05) is 12.5 Å². The SMILES string of the molecule is NCCCCC(=O)NC1CCCCC1. The maximum absolute atomic E-state index is 11.4. The maximum Gasteiger partial charge on any atom is 0.220 e. The summed E-state index contributed by atoms with van der Waals surface area (Å²) < 4.78 is 0. The number of carbonyl (C=O) groups excluding carboxylic acids is 1. The van der Waals surface area contributed by atoms with Crippen LogP contribution >= 0.6 is 0 Å². The van der Waals surface area contributed by atoms with Gasteiger partial charge in [-0.05, 0) is 32.2 Å². The fourth-order valence-electron chi connectivity index (χ4n) is 1.98. The normalized spacial score (nSPS) is 18.1. The number of amides is 1. The van der Waals surface area contributed by atoms with E-state index in [0.29, 0.717) is 19.0 Å². The topological polar surface area (TPSA) is 55.1 Å². The molecule has 1 fully saturated rings. The van der Waals surface area contributed by atoms with Crippen molar-refractivity contribution in [2.45, 2.75) is 57.4 Å². The molecule has 0 saturated heterocycles. The van der Waals surface area contributed by atoms with Crippen molar-refractivity contribution in [3.8, 4) is 0 Å². The molecule has 82 valence electrons. The van der Waals surface area contributed by atoms with E-state index in [4.69, 9.17) is 5.73 Å². The third-order valence-corrected chi connectivity index (χ3v) is 2.83. The van der Waals surface area contributed by atoms with E-state index in [1.54, 1.807) is 0 Å². The Bertz CT molecular complexity index is 165. The quantitative estimate of drug-likeness (QED) is 0.659. The van der Waals surface area contributed by atoms with Crippen LogP contribution in [0.2, 0.25) is 0 Å². The molecule has 0 aliphatic heterocycles. The largest absolute Gasteiger partial charge is 0.353 e. The van der Waals surface area contributed by atoms with Crippen molar-refractivity contribution in [3.63, 3.8) is 0 Å². The maximum atomic E-state index is 11.4. The van der Waals surface area contributed by atoms with Crippen LogP contribution in [0, 0.1) is 0 Å². The Hall–Kier alpha value is -0.570. The summed E-state index contributed by atoms with van der Waals surface area (Å²) in [6.45, 7) is 0.691. The highest BCUT2D eigenvalue weighted by molar-refractivity contribution is 5.76. The van der Waals surface area contributed by atoms with Crippen LogP contribution in [0.15, 0.2) is 0 Å². The van der Waals surface area contributed by atoms with Crippen LogP contribution in [0.5, 0.6) is 0 Å². The second-order valence-electron chi connectivity index (χ2n) is 4.15. The van der Waals surface area contributed by atoms with E-state index in [-0.39, 0.29) is 5.91 Å². The molecule has 0 aromatic heterocycles. The van der Waals surface area contributed by atoms with E-state index in [1.165, 1.54) is 32.1 Å². The number of rotatable bonds is 5. The van der Waals surface area contributed by atoms with Gasteiger partial charge in [-0.2, -0.15) is 0 Å². The number of hydrogen-bond acceptors (Lipinski definition) is 2. The third kappa shape index (κ3) is 4.61. The summed E-state index contributed by atoms with van der Waals surface area (Å²) in [5.41, 5.74) is 5.37. The summed E-state index contributed by atoms with van der Waals surface area (Å²) in [5, 5.41) is 3.10. The fourth-order valence-corrected chi connectivity index (χ4v) is 1.98. The lowest BCUT2D eigenvalue weighted by Crippen LogP contribution is -2.36. The predicted molar refractivity (Wildman–Crippen MR) is 57.9 cm³/mol. The van der Waals surface area contributed by atoms with E-state index in [0.717, 1.165) is 12.8 Å². The smallest absolute Gasteiger partial charge is 0.220 e. The Morgan fingerprint density at radius 2 is 1.93 bits per heavy atom. The van der Waals surface area contributed by atoms with Crippen LogP contribution < -0.4 is 11.1 Å². The van der Waals surface area contributed by atoms with Gasteiger partial charge in [-0.1, -0.05) is 19.3 Å². The zero-order valence-corrected chi connectivity index (χ0v) is 8.93. The van der Waals surface area contributed by atoms with Gasteiger partial charge in [-0.25, -0.2) is 0 Å². The third-order valence-electron chi connectivity index (χ3n) is 2.83. The monoisotopic (exact) mass is 198 g/mol. The van der Waals surface area contributed by atoms with Gasteiger partial charge in [0.1, 0.15) is 0 Å². The molecular weight excluding hydrogens is 176 g/mol. The zero-order chi connectivity index (χ0) is 10.2. The average molecular weight is 198 g/mol. The van der Waals surface area contributed by atoms with Crippen molar-refractivity contribution in [1.29, 1.82) is 0 Å². The highest BCUT2D eigenvalue weighted by atomic mass is 16.1. The summed E-state index contributed by atoms with van der Waals surface area (Å²) in [6.07, 6.45) is 8.74. The van der Waals surface area contributed by atoms with Gasteiger partial charge in [0.05, 0.1) is 0 Å². The first kappa shape index (κ1) is 11.5. The highest BCUT2D eigenvalue weighted by Crippen LogP contribution is 2.17. The number of unbranched alkanes of at least 4 members (excludes halogenated alkanes) is 1. The van der Waals surface area contributed by atoms with Gasteiger partial charge in [-0.15, -0.1) is 0 Å². The van der Waals surface area contributed by atoms with Crippen molar-refractivity contribution >= 4 is 5.91 Å². The van der Waals surface area contributed by atoms with Gasteiger partial charge in [0.2, 0.25) is 5.91 Å². The van der Waals surface area contributed by atoms with Crippen LogP contribution in [0.4, 0.5) is 0 Å². The molecule has 0 spiro atoms. The van der Waals surface area contributed by atoms with Gasteiger partial charge in [0.25, 0.3) is 0 Å². The first-order chi connectivity index (χ1) is 6.83. The van der Waals surface area contributed by atoms with Crippen LogP contribution in [0.25, 0.3) is 0 Å². The molecule has 3 heteroatoms. The van der Waals surface area contributed by atoms with Crippen LogP contribution in [0.1, 0.15) is 51.4 Å². The summed E-state index contributed by atoms with van der Waals surface area (Å²) in [7, 11) is 0. The highest BCUT2D eigenvalue weighted by Gasteiger charge is 2.14. The van der Waals surface area contributed by atoms with E-state index < -0.39 is 0 Å². The Morgan fingerprint density at radius 3 is 2.57 bits per heavy atom. The van der Waals surface area contributed by atoms with Crippen molar-refractivity contribution < 1.29 is 4.79 Å². The van der Waals surface area contributed by atoms with Crippen LogP contribution in [0.3, 0.4) is 0 Å². The van der Waals surface area contributed by atoms with E-state index in [9.17, 15) is 4.79 Å². The van der Waals surface area contributed by atoms with Gasteiger partial charge in [0.15, 0.2) is 0 Å². The molecule has 0 heterocycles. The molecule has 14 heavy (non-hydrogen) atoms. The van der Waals surface area contributed by atoms with Crippen LogP contribution in [-0.2, 0) is 4.79 Å². The molecule has 0 aromatic carbocycles. The van der Waals surface area contributed by atoms with E-state index >= 15 is 0 Å². The minimum Gasteiger partial charge on any atom is -0.353 e. The lowest BCUT2D eigenvalue weighted by molar-refractivity contribution is -0.122. The standard InChI is InChI=1S/C11H22N2O/c12-9-5-4-8-11(14)13-10-6-2-1-3-7-10/h10H,1-9,12H2,(H,13,14). The summed E-state index contributed by atoms with van der Waals surface area (Å²) in [5.74, 6) is 0.213. The number of carbonyl (C=O) groups is 1. The van der Waals surface area contributed by atoms with E-state index in [1.807, 2.05) is 0 Å². The average Bonchev–Trinajstić information content (AvgIpc) is 2.20. The molecule has 1 rings (SSSR count). The molecule has 3 nitrogen and oxygen atoms in total. The van der Waals surface area contributed by atoms with Gasteiger partial charge < -0.3 is 11.1 Å². The van der Waals surface area contributed by atoms with Crippen molar-refractivity contribution in [2.24, 2.45) is 5.73 Å². The molecule has 0 unspecified atom stereocenters. The molecule has 3 N–H and O–H groups in total. The number of nitrogens with one attached hydrogen (secondary N) is 1. The van der Waals surface area contributed by atoms with Gasteiger partial charge >= 0.3 is 0 Å². The summed E-state index contributed by atoms with van der Waals surface area (Å²) >= 11 is 0.